The highest BCUT2D eigenvalue weighted by atomic mass is 35.5. The molecule has 2 saturated carbocycles. The minimum atomic E-state index is 0. The van der Waals surface area contributed by atoms with Crippen LogP contribution in [-0.4, -0.2) is 42.0 Å². The van der Waals surface area contributed by atoms with Crippen LogP contribution in [0.4, 0.5) is 0 Å². The molecule has 3 rings (SSSR count). The zero-order valence-corrected chi connectivity index (χ0v) is 17.4. The van der Waals surface area contributed by atoms with Crippen molar-refractivity contribution in [1.29, 1.82) is 0 Å². The fourth-order valence-corrected chi connectivity index (χ4v) is 5.37. The highest BCUT2D eigenvalue weighted by molar-refractivity contribution is 5.85. The van der Waals surface area contributed by atoms with E-state index < -0.39 is 0 Å². The first-order valence-corrected chi connectivity index (χ1v) is 9.85. The van der Waals surface area contributed by atoms with Crippen molar-refractivity contribution in [1.82, 2.24) is 10.2 Å². The van der Waals surface area contributed by atoms with E-state index in [4.69, 9.17) is 5.73 Å². The van der Waals surface area contributed by atoms with Gasteiger partial charge in [-0.1, -0.05) is 12.8 Å². The van der Waals surface area contributed by atoms with E-state index in [9.17, 15) is 4.79 Å². The molecule has 1 heterocycles. The normalized spacial score (nSPS) is 38.2. The van der Waals surface area contributed by atoms with Gasteiger partial charge in [-0.3, -0.25) is 9.69 Å². The fourth-order valence-electron chi connectivity index (χ4n) is 5.37. The minimum Gasteiger partial charge on any atom is -0.355 e. The van der Waals surface area contributed by atoms with E-state index in [0.29, 0.717) is 30.0 Å². The minimum absolute atomic E-state index is 0. The molecule has 148 valence electrons. The number of nitrogens with zero attached hydrogens (tertiary/aromatic N) is 1. The zero-order valence-electron chi connectivity index (χ0n) is 15.8. The van der Waals surface area contributed by atoms with Gasteiger partial charge in [0.05, 0.1) is 0 Å². The van der Waals surface area contributed by atoms with E-state index in [2.05, 4.69) is 24.1 Å². The number of likely N-dealkylation sites (tertiary alicyclic amines) is 1. The number of nitrogens with two attached hydrogens (primary N) is 1. The van der Waals surface area contributed by atoms with Gasteiger partial charge < -0.3 is 11.1 Å². The molecule has 0 aromatic carbocycles. The number of carbonyl (C=O) groups is 1. The van der Waals surface area contributed by atoms with Crippen LogP contribution in [-0.2, 0) is 4.79 Å². The van der Waals surface area contributed by atoms with Gasteiger partial charge in [0.25, 0.3) is 0 Å². The molecule has 4 atom stereocenters. The lowest BCUT2D eigenvalue weighted by Crippen LogP contribution is -2.50. The number of rotatable bonds is 4. The molecule has 1 saturated heterocycles. The maximum absolute atomic E-state index is 12.6. The van der Waals surface area contributed by atoms with Crippen molar-refractivity contribution in [2.75, 3.05) is 13.1 Å². The smallest absolute Gasteiger partial charge is 0.223 e. The molecule has 0 spiro atoms. The Kier molecular flexibility index (Phi) is 9.52. The number of piperidine rings is 1. The Labute approximate surface area is 165 Å². The first kappa shape index (κ1) is 23.0. The van der Waals surface area contributed by atoms with Crippen molar-refractivity contribution in [2.45, 2.75) is 83.3 Å². The van der Waals surface area contributed by atoms with E-state index in [1.165, 1.54) is 38.5 Å². The molecule has 4 unspecified atom stereocenters. The van der Waals surface area contributed by atoms with Crippen LogP contribution in [0.5, 0.6) is 0 Å². The molecule has 0 aromatic rings. The summed E-state index contributed by atoms with van der Waals surface area (Å²) in [7, 11) is 0. The molecule has 3 aliphatic rings. The van der Waals surface area contributed by atoms with Crippen LogP contribution in [0.15, 0.2) is 0 Å². The molecule has 25 heavy (non-hydrogen) atoms. The summed E-state index contributed by atoms with van der Waals surface area (Å²) in [6, 6.07) is 1.66. The first-order chi connectivity index (χ1) is 11.1. The van der Waals surface area contributed by atoms with Crippen molar-refractivity contribution in [2.24, 2.45) is 23.5 Å². The summed E-state index contributed by atoms with van der Waals surface area (Å²) in [6.45, 7) is 6.43. The Morgan fingerprint density at radius 2 is 1.52 bits per heavy atom. The highest BCUT2D eigenvalue weighted by Crippen LogP contribution is 2.41. The molecule has 2 bridgehead atoms. The van der Waals surface area contributed by atoms with Gasteiger partial charge in [0, 0.05) is 37.1 Å². The summed E-state index contributed by atoms with van der Waals surface area (Å²) in [5, 5.41) is 3.22. The van der Waals surface area contributed by atoms with Gasteiger partial charge in [-0.2, -0.15) is 0 Å². The number of hydrogen-bond donors (Lipinski definition) is 2. The molecule has 2 aliphatic carbocycles. The van der Waals surface area contributed by atoms with Crippen molar-refractivity contribution >= 4 is 30.7 Å². The zero-order chi connectivity index (χ0) is 16.4. The number of fused-ring (bicyclic) bond motifs is 2. The average molecular weight is 394 g/mol. The second kappa shape index (κ2) is 10.3. The summed E-state index contributed by atoms with van der Waals surface area (Å²) in [5.74, 6) is 1.66. The Bertz CT molecular complexity index is 399. The van der Waals surface area contributed by atoms with Gasteiger partial charge in [-0.15, -0.1) is 24.8 Å². The topological polar surface area (TPSA) is 58.4 Å². The predicted molar refractivity (Wildman–Crippen MR) is 109 cm³/mol. The van der Waals surface area contributed by atoms with Crippen LogP contribution in [0.2, 0.25) is 0 Å². The van der Waals surface area contributed by atoms with Crippen LogP contribution in [0.1, 0.15) is 65.2 Å². The third-order valence-electron chi connectivity index (χ3n) is 6.83. The Hall–Kier alpha value is -0.0300. The second-order valence-corrected chi connectivity index (χ2v) is 8.35. The van der Waals surface area contributed by atoms with Crippen LogP contribution >= 0.6 is 24.8 Å². The lowest BCUT2D eigenvalue weighted by molar-refractivity contribution is -0.128. The Balaban J connectivity index is 0.00000156. The molecule has 4 nitrogen and oxygen atoms in total. The summed E-state index contributed by atoms with van der Waals surface area (Å²) in [4.78, 5) is 15.1. The third kappa shape index (κ3) is 5.47. The van der Waals surface area contributed by atoms with Crippen LogP contribution in [0.25, 0.3) is 0 Å². The molecule has 0 radical (unpaired) electrons. The molecule has 6 heteroatoms. The lowest BCUT2D eigenvalue weighted by atomic mass is 9.65. The Morgan fingerprint density at radius 1 is 1.00 bits per heavy atom. The summed E-state index contributed by atoms with van der Waals surface area (Å²) in [5.41, 5.74) is 6.34. The van der Waals surface area contributed by atoms with Crippen LogP contribution < -0.4 is 11.1 Å². The van der Waals surface area contributed by atoms with Crippen molar-refractivity contribution < 1.29 is 4.79 Å². The molecular weight excluding hydrogens is 357 g/mol. The van der Waals surface area contributed by atoms with E-state index in [1.54, 1.807) is 0 Å². The lowest BCUT2D eigenvalue weighted by Gasteiger charge is -2.43. The second-order valence-electron chi connectivity index (χ2n) is 8.35. The number of nitrogens with one attached hydrogen (secondary N) is 1. The summed E-state index contributed by atoms with van der Waals surface area (Å²) >= 11 is 0. The fraction of sp³-hybridized carbons (Fsp3) is 0.947. The van der Waals surface area contributed by atoms with Crippen molar-refractivity contribution in [3.8, 4) is 0 Å². The van der Waals surface area contributed by atoms with E-state index in [0.717, 1.165) is 25.9 Å². The van der Waals surface area contributed by atoms with Crippen molar-refractivity contribution in [3.05, 3.63) is 0 Å². The molecule has 1 aliphatic heterocycles. The molecule has 3 N–H and O–H groups in total. The van der Waals surface area contributed by atoms with E-state index in [-0.39, 0.29) is 36.6 Å². The van der Waals surface area contributed by atoms with Gasteiger partial charge >= 0.3 is 0 Å². The first-order valence-electron chi connectivity index (χ1n) is 9.85. The maximum atomic E-state index is 12.6. The van der Waals surface area contributed by atoms with Gasteiger partial charge in [-0.05, 0) is 64.2 Å². The Morgan fingerprint density at radius 3 is 2.08 bits per heavy atom. The van der Waals surface area contributed by atoms with Gasteiger partial charge in [-0.25, -0.2) is 0 Å². The van der Waals surface area contributed by atoms with Gasteiger partial charge in [0.2, 0.25) is 5.91 Å². The van der Waals surface area contributed by atoms with E-state index in [1.807, 2.05) is 0 Å². The van der Waals surface area contributed by atoms with Gasteiger partial charge in [0.1, 0.15) is 0 Å². The predicted octanol–water partition coefficient (Wildman–Crippen LogP) is 3.36. The highest BCUT2D eigenvalue weighted by Gasteiger charge is 2.40. The number of halogens is 2. The quantitative estimate of drug-likeness (QED) is 0.769. The largest absolute Gasteiger partial charge is 0.355 e. The summed E-state index contributed by atoms with van der Waals surface area (Å²) in [6.07, 6.45) is 9.72. The number of carbonyl (C=O) groups excluding carboxylic acids is 1. The van der Waals surface area contributed by atoms with Gasteiger partial charge in [0.15, 0.2) is 0 Å². The van der Waals surface area contributed by atoms with Crippen LogP contribution in [0, 0.1) is 17.8 Å². The standard InChI is InChI=1S/C19H35N3O.2ClH/c1-13-5-3-6-14(2)22(13)10-9-21-19(23)17-11-15-7-4-8-16(12-17)18(15)20;;/h13-18H,3-12,20H2,1-2H3,(H,21,23);2*1H. The molecular formula is C19H37Cl2N3O. The third-order valence-corrected chi connectivity index (χ3v) is 6.83. The maximum Gasteiger partial charge on any atom is 0.223 e. The monoisotopic (exact) mass is 393 g/mol. The molecule has 1 amide bonds. The SMILES string of the molecule is CC1CCCC(C)N1CCNC(=O)C1CC2CCCC(C1)C2N.Cl.Cl. The average Bonchev–Trinajstić information content (AvgIpc) is 2.49. The number of hydrogen-bond acceptors (Lipinski definition) is 3. The molecule has 3 fully saturated rings. The number of amides is 1. The van der Waals surface area contributed by atoms with Crippen LogP contribution in [0.3, 0.4) is 0 Å². The van der Waals surface area contributed by atoms with Crippen molar-refractivity contribution in [3.63, 3.8) is 0 Å². The summed E-state index contributed by atoms with van der Waals surface area (Å²) < 4.78 is 0. The van der Waals surface area contributed by atoms with E-state index >= 15 is 0 Å². The molecule has 0 aromatic heterocycles.